The standard InChI is InChI=1S/C23H34N4O/c1-8-11-24-21-20(27-26-19(9-2)10-3)14-18(7)25-23(21)28-22-16(5)12-15(4)13-17(22)6/h8,12-14,19,24,26H,1,9-11H2,2-7H3,(H,25,27). The fraction of sp³-hybridized carbons (Fsp3) is 0.435. The lowest BCUT2D eigenvalue weighted by molar-refractivity contribution is 0.456. The zero-order valence-electron chi connectivity index (χ0n) is 18.1. The summed E-state index contributed by atoms with van der Waals surface area (Å²) in [4.78, 5) is 4.67. The Morgan fingerprint density at radius 3 is 2.29 bits per heavy atom. The molecule has 0 aliphatic rings. The molecule has 0 spiro atoms. The number of rotatable bonds is 10. The number of ether oxygens (including phenoxy) is 1. The Morgan fingerprint density at radius 2 is 1.71 bits per heavy atom. The summed E-state index contributed by atoms with van der Waals surface area (Å²) < 4.78 is 6.33. The summed E-state index contributed by atoms with van der Waals surface area (Å²) in [6.45, 7) is 17.0. The maximum Gasteiger partial charge on any atom is 0.245 e. The van der Waals surface area contributed by atoms with E-state index >= 15 is 0 Å². The minimum atomic E-state index is 0.395. The molecule has 152 valence electrons. The molecule has 2 aromatic rings. The Labute approximate surface area is 169 Å². The molecule has 0 saturated carbocycles. The molecule has 1 heterocycles. The van der Waals surface area contributed by atoms with Gasteiger partial charge >= 0.3 is 0 Å². The lowest BCUT2D eigenvalue weighted by Gasteiger charge is -2.22. The van der Waals surface area contributed by atoms with Crippen molar-refractivity contribution in [3.05, 3.63) is 53.2 Å². The molecule has 0 amide bonds. The van der Waals surface area contributed by atoms with Crippen molar-refractivity contribution in [3.8, 4) is 11.6 Å². The van der Waals surface area contributed by atoms with E-state index in [-0.39, 0.29) is 0 Å². The van der Waals surface area contributed by atoms with Gasteiger partial charge in [-0.05, 0) is 57.7 Å². The average molecular weight is 383 g/mol. The Morgan fingerprint density at radius 1 is 1.07 bits per heavy atom. The lowest BCUT2D eigenvalue weighted by Crippen LogP contribution is -2.33. The SMILES string of the molecule is C=CCNc1c(NNC(CC)CC)cc(C)nc1Oc1c(C)cc(C)cc1C. The summed E-state index contributed by atoms with van der Waals surface area (Å²) in [7, 11) is 0. The van der Waals surface area contributed by atoms with Gasteiger partial charge in [0.25, 0.3) is 0 Å². The van der Waals surface area contributed by atoms with Crippen molar-refractivity contribution in [1.82, 2.24) is 10.4 Å². The molecule has 0 radical (unpaired) electrons. The van der Waals surface area contributed by atoms with Crippen LogP contribution in [-0.4, -0.2) is 17.6 Å². The number of benzene rings is 1. The number of hydrogen-bond donors (Lipinski definition) is 3. The highest BCUT2D eigenvalue weighted by molar-refractivity contribution is 5.74. The topological polar surface area (TPSA) is 58.2 Å². The maximum absolute atomic E-state index is 6.33. The number of aromatic nitrogens is 1. The van der Waals surface area contributed by atoms with E-state index in [1.807, 2.05) is 19.1 Å². The number of hydrogen-bond acceptors (Lipinski definition) is 5. The van der Waals surface area contributed by atoms with Crippen molar-refractivity contribution in [2.45, 2.75) is 60.4 Å². The van der Waals surface area contributed by atoms with Crippen LogP contribution in [0, 0.1) is 27.7 Å². The normalized spacial score (nSPS) is 10.8. The van der Waals surface area contributed by atoms with Crippen molar-refractivity contribution in [1.29, 1.82) is 0 Å². The Kier molecular flexibility index (Phi) is 7.88. The molecule has 0 fully saturated rings. The first-order chi connectivity index (χ1) is 13.4. The minimum Gasteiger partial charge on any atom is -0.436 e. The number of anilines is 2. The van der Waals surface area contributed by atoms with Gasteiger partial charge in [0, 0.05) is 18.3 Å². The molecule has 0 atom stereocenters. The van der Waals surface area contributed by atoms with Gasteiger partial charge in [0.1, 0.15) is 11.4 Å². The van der Waals surface area contributed by atoms with Gasteiger partial charge in [0.05, 0.1) is 5.69 Å². The number of pyridine rings is 1. The zero-order chi connectivity index (χ0) is 20.7. The Balaban J connectivity index is 2.43. The van der Waals surface area contributed by atoms with E-state index in [1.165, 1.54) is 5.56 Å². The second-order valence-electron chi connectivity index (χ2n) is 7.27. The molecule has 2 rings (SSSR count). The van der Waals surface area contributed by atoms with Gasteiger partial charge < -0.3 is 15.5 Å². The Bertz CT molecular complexity index is 789. The van der Waals surface area contributed by atoms with Crippen LogP contribution in [0.1, 0.15) is 49.1 Å². The van der Waals surface area contributed by atoms with E-state index in [4.69, 9.17) is 4.74 Å². The molecular weight excluding hydrogens is 348 g/mol. The maximum atomic E-state index is 6.33. The fourth-order valence-corrected chi connectivity index (χ4v) is 3.26. The van der Waals surface area contributed by atoms with Crippen molar-refractivity contribution >= 4 is 11.4 Å². The predicted octanol–water partition coefficient (Wildman–Crippen LogP) is 5.81. The van der Waals surface area contributed by atoms with E-state index in [0.717, 1.165) is 46.8 Å². The van der Waals surface area contributed by atoms with E-state index in [0.29, 0.717) is 18.5 Å². The van der Waals surface area contributed by atoms with Gasteiger partial charge in [-0.15, -0.1) is 6.58 Å². The second-order valence-corrected chi connectivity index (χ2v) is 7.27. The number of nitrogens with zero attached hydrogens (tertiary/aromatic N) is 1. The van der Waals surface area contributed by atoms with Gasteiger partial charge in [-0.25, -0.2) is 10.4 Å². The summed E-state index contributed by atoms with van der Waals surface area (Å²) >= 11 is 0. The van der Waals surface area contributed by atoms with E-state index < -0.39 is 0 Å². The third-order valence-corrected chi connectivity index (χ3v) is 4.74. The van der Waals surface area contributed by atoms with E-state index in [9.17, 15) is 0 Å². The first-order valence-corrected chi connectivity index (χ1v) is 10.0. The molecule has 3 N–H and O–H groups in total. The molecule has 5 heteroatoms. The van der Waals surface area contributed by atoms with Gasteiger partial charge in [-0.1, -0.05) is 37.6 Å². The molecule has 1 aromatic heterocycles. The summed E-state index contributed by atoms with van der Waals surface area (Å²) in [5, 5.41) is 3.38. The van der Waals surface area contributed by atoms with Gasteiger partial charge in [-0.3, -0.25) is 0 Å². The third-order valence-electron chi connectivity index (χ3n) is 4.74. The fourth-order valence-electron chi connectivity index (χ4n) is 3.26. The lowest BCUT2D eigenvalue weighted by atomic mass is 10.1. The first-order valence-electron chi connectivity index (χ1n) is 10.0. The number of aryl methyl sites for hydroxylation is 4. The second kappa shape index (κ2) is 10.1. The monoisotopic (exact) mass is 382 g/mol. The smallest absolute Gasteiger partial charge is 0.245 e. The zero-order valence-corrected chi connectivity index (χ0v) is 18.1. The van der Waals surface area contributed by atoms with Crippen LogP contribution in [0.2, 0.25) is 0 Å². The molecule has 0 aliphatic heterocycles. The summed E-state index contributed by atoms with van der Waals surface area (Å²) in [5.74, 6) is 1.41. The number of nitrogens with one attached hydrogen (secondary N) is 3. The van der Waals surface area contributed by atoms with Crippen LogP contribution in [0.15, 0.2) is 30.9 Å². The van der Waals surface area contributed by atoms with Crippen LogP contribution in [0.25, 0.3) is 0 Å². The van der Waals surface area contributed by atoms with Crippen LogP contribution in [-0.2, 0) is 0 Å². The van der Waals surface area contributed by atoms with Gasteiger partial charge in [0.15, 0.2) is 0 Å². The first kappa shape index (κ1) is 21.8. The number of hydrazine groups is 1. The van der Waals surface area contributed by atoms with Crippen LogP contribution < -0.4 is 20.9 Å². The predicted molar refractivity (Wildman–Crippen MR) is 120 cm³/mol. The summed E-state index contributed by atoms with van der Waals surface area (Å²) in [6, 6.07) is 6.67. The molecular formula is C23H34N4O. The highest BCUT2D eigenvalue weighted by Gasteiger charge is 2.16. The van der Waals surface area contributed by atoms with E-state index in [2.05, 4.69) is 74.5 Å². The van der Waals surface area contributed by atoms with E-state index in [1.54, 1.807) is 0 Å². The molecule has 0 bridgehead atoms. The molecule has 5 nitrogen and oxygen atoms in total. The van der Waals surface area contributed by atoms with Crippen molar-refractivity contribution in [2.24, 2.45) is 0 Å². The van der Waals surface area contributed by atoms with Crippen molar-refractivity contribution in [3.63, 3.8) is 0 Å². The highest BCUT2D eigenvalue weighted by atomic mass is 16.5. The summed E-state index contributed by atoms with van der Waals surface area (Å²) in [6.07, 6.45) is 3.92. The van der Waals surface area contributed by atoms with Crippen LogP contribution in [0.4, 0.5) is 11.4 Å². The third kappa shape index (κ3) is 5.49. The van der Waals surface area contributed by atoms with Gasteiger partial charge in [-0.2, -0.15) is 0 Å². The van der Waals surface area contributed by atoms with Crippen LogP contribution >= 0.6 is 0 Å². The average Bonchev–Trinajstić information content (AvgIpc) is 2.64. The molecule has 28 heavy (non-hydrogen) atoms. The highest BCUT2D eigenvalue weighted by Crippen LogP contribution is 2.37. The van der Waals surface area contributed by atoms with Crippen molar-refractivity contribution < 1.29 is 4.74 Å². The molecule has 1 aromatic carbocycles. The summed E-state index contributed by atoms with van der Waals surface area (Å²) in [5.41, 5.74) is 12.8. The quantitative estimate of drug-likeness (QED) is 0.357. The van der Waals surface area contributed by atoms with Crippen LogP contribution in [0.3, 0.4) is 0 Å². The largest absolute Gasteiger partial charge is 0.436 e. The molecule has 0 saturated heterocycles. The van der Waals surface area contributed by atoms with Crippen molar-refractivity contribution in [2.75, 3.05) is 17.3 Å². The minimum absolute atomic E-state index is 0.395. The molecule has 0 unspecified atom stereocenters. The Hall–Kier alpha value is -2.53. The molecule has 0 aliphatic carbocycles. The van der Waals surface area contributed by atoms with Gasteiger partial charge in [0.2, 0.25) is 5.88 Å². The van der Waals surface area contributed by atoms with Crippen LogP contribution in [0.5, 0.6) is 11.6 Å².